The Hall–Kier alpha value is -1.66. The highest BCUT2D eigenvalue weighted by Gasteiger charge is 2.22. The Morgan fingerprint density at radius 1 is 1.20 bits per heavy atom. The molecule has 110 valence electrons. The monoisotopic (exact) mass is 280 g/mol. The molecule has 20 heavy (non-hydrogen) atoms. The van der Waals surface area contributed by atoms with Gasteiger partial charge in [0.2, 0.25) is 5.78 Å². The van der Waals surface area contributed by atoms with Crippen LogP contribution in [0.25, 0.3) is 0 Å². The Morgan fingerprint density at radius 2 is 1.85 bits per heavy atom. The molecule has 0 spiro atoms. The summed E-state index contributed by atoms with van der Waals surface area (Å²) >= 11 is 0. The second-order valence-corrected chi connectivity index (χ2v) is 4.76. The number of ketones is 1. The number of hydrogen-bond acceptors (Lipinski definition) is 6. The molecule has 0 atom stereocenters. The van der Waals surface area contributed by atoms with Crippen molar-refractivity contribution in [3.63, 3.8) is 0 Å². The molecule has 1 saturated heterocycles. The minimum Gasteiger partial charge on any atom is -0.465 e. The van der Waals surface area contributed by atoms with E-state index in [1.54, 1.807) is 19.1 Å². The van der Waals surface area contributed by atoms with Crippen molar-refractivity contribution in [2.75, 3.05) is 45.9 Å². The molecule has 2 heterocycles. The van der Waals surface area contributed by atoms with E-state index < -0.39 is 0 Å². The van der Waals surface area contributed by atoms with Gasteiger partial charge in [0.25, 0.3) is 0 Å². The van der Waals surface area contributed by atoms with Crippen LogP contribution < -0.4 is 0 Å². The molecule has 0 unspecified atom stereocenters. The molecule has 6 nitrogen and oxygen atoms in total. The second-order valence-electron chi connectivity index (χ2n) is 4.76. The molecule has 0 saturated carbocycles. The van der Waals surface area contributed by atoms with Crippen LogP contribution in [0.1, 0.15) is 17.5 Å². The van der Waals surface area contributed by atoms with Crippen molar-refractivity contribution in [1.29, 1.82) is 0 Å². The van der Waals surface area contributed by atoms with Gasteiger partial charge in [-0.1, -0.05) is 0 Å². The van der Waals surface area contributed by atoms with Crippen LogP contribution in [-0.2, 0) is 9.53 Å². The first-order chi connectivity index (χ1) is 9.69. The Morgan fingerprint density at radius 3 is 2.40 bits per heavy atom. The standard InChI is InChI=1S/C14H20N2O4/c1-2-19-14(18)11-16-7-5-15(6-8-16)10-12(17)13-4-3-9-20-13/h3-4,9H,2,5-8,10-11H2,1H3. The fourth-order valence-corrected chi connectivity index (χ4v) is 2.21. The molecule has 1 aliphatic heterocycles. The summed E-state index contributed by atoms with van der Waals surface area (Å²) in [6.07, 6.45) is 1.50. The van der Waals surface area contributed by atoms with Gasteiger partial charge in [-0.3, -0.25) is 19.4 Å². The molecule has 0 aromatic carbocycles. The zero-order valence-corrected chi connectivity index (χ0v) is 11.7. The van der Waals surface area contributed by atoms with E-state index in [4.69, 9.17) is 9.15 Å². The van der Waals surface area contributed by atoms with Gasteiger partial charge in [-0.15, -0.1) is 0 Å². The normalized spacial score (nSPS) is 17.1. The van der Waals surface area contributed by atoms with Gasteiger partial charge in [0.15, 0.2) is 5.76 Å². The summed E-state index contributed by atoms with van der Waals surface area (Å²) < 4.78 is 10.0. The van der Waals surface area contributed by atoms with Crippen molar-refractivity contribution < 1.29 is 18.7 Å². The van der Waals surface area contributed by atoms with Crippen molar-refractivity contribution in [1.82, 2.24) is 9.80 Å². The van der Waals surface area contributed by atoms with Crippen molar-refractivity contribution in [3.8, 4) is 0 Å². The van der Waals surface area contributed by atoms with Gasteiger partial charge in [-0.2, -0.15) is 0 Å². The number of carbonyl (C=O) groups excluding carboxylic acids is 2. The average molecular weight is 280 g/mol. The smallest absolute Gasteiger partial charge is 0.320 e. The topological polar surface area (TPSA) is 63.0 Å². The second kappa shape index (κ2) is 7.21. The van der Waals surface area contributed by atoms with E-state index >= 15 is 0 Å². The third-order valence-corrected chi connectivity index (χ3v) is 3.29. The number of nitrogens with zero attached hydrogens (tertiary/aromatic N) is 2. The van der Waals surface area contributed by atoms with Crippen LogP contribution in [0.5, 0.6) is 0 Å². The third-order valence-electron chi connectivity index (χ3n) is 3.29. The highest BCUT2D eigenvalue weighted by atomic mass is 16.5. The van der Waals surface area contributed by atoms with Gasteiger partial charge in [-0.25, -0.2) is 0 Å². The largest absolute Gasteiger partial charge is 0.465 e. The summed E-state index contributed by atoms with van der Waals surface area (Å²) in [5.41, 5.74) is 0. The maximum absolute atomic E-state index is 11.9. The number of Topliss-reactive ketones (excluding diaryl/α,β-unsaturated/α-hetero) is 1. The zero-order chi connectivity index (χ0) is 14.4. The van der Waals surface area contributed by atoms with E-state index in [1.165, 1.54) is 6.26 Å². The number of hydrogen-bond donors (Lipinski definition) is 0. The highest BCUT2D eigenvalue weighted by Crippen LogP contribution is 2.06. The molecule has 1 fully saturated rings. The van der Waals surface area contributed by atoms with E-state index in [-0.39, 0.29) is 11.8 Å². The summed E-state index contributed by atoms with van der Waals surface area (Å²) in [7, 11) is 0. The highest BCUT2D eigenvalue weighted by molar-refractivity contribution is 5.95. The molecule has 1 aliphatic rings. The molecular formula is C14H20N2O4. The lowest BCUT2D eigenvalue weighted by Gasteiger charge is -2.33. The first kappa shape index (κ1) is 14.7. The van der Waals surface area contributed by atoms with Crippen LogP contribution in [0.3, 0.4) is 0 Å². The van der Waals surface area contributed by atoms with Crippen LogP contribution in [0.4, 0.5) is 0 Å². The molecule has 0 N–H and O–H groups in total. The van der Waals surface area contributed by atoms with Gasteiger partial charge >= 0.3 is 5.97 Å². The average Bonchev–Trinajstić information content (AvgIpc) is 2.95. The summed E-state index contributed by atoms with van der Waals surface area (Å²) in [4.78, 5) is 27.4. The number of carbonyl (C=O) groups is 2. The SMILES string of the molecule is CCOC(=O)CN1CCN(CC(=O)c2ccco2)CC1. The fraction of sp³-hybridized carbons (Fsp3) is 0.571. The number of rotatable bonds is 6. The lowest BCUT2D eigenvalue weighted by Crippen LogP contribution is -2.49. The van der Waals surface area contributed by atoms with E-state index in [9.17, 15) is 9.59 Å². The molecule has 2 rings (SSSR count). The number of esters is 1. The maximum atomic E-state index is 11.9. The molecule has 0 bridgehead atoms. The van der Waals surface area contributed by atoms with Crippen molar-refractivity contribution in [2.24, 2.45) is 0 Å². The Kier molecular flexibility index (Phi) is 5.31. The van der Waals surface area contributed by atoms with Crippen LogP contribution in [-0.4, -0.2) is 67.4 Å². The summed E-state index contributed by atoms with van der Waals surface area (Å²) in [5.74, 6) is 0.209. The summed E-state index contributed by atoms with van der Waals surface area (Å²) in [5, 5.41) is 0. The quantitative estimate of drug-likeness (QED) is 0.563. The van der Waals surface area contributed by atoms with Crippen molar-refractivity contribution >= 4 is 11.8 Å². The lowest BCUT2D eigenvalue weighted by atomic mass is 10.2. The molecule has 0 radical (unpaired) electrons. The summed E-state index contributed by atoms with van der Waals surface area (Å²) in [6, 6.07) is 3.39. The minimum atomic E-state index is -0.187. The molecule has 1 aromatic heterocycles. The van der Waals surface area contributed by atoms with Gasteiger partial charge in [0.05, 0.1) is 26.0 Å². The van der Waals surface area contributed by atoms with Gasteiger partial charge in [0.1, 0.15) is 0 Å². The minimum absolute atomic E-state index is 0.00570. The van der Waals surface area contributed by atoms with Crippen LogP contribution in [0.2, 0.25) is 0 Å². The van der Waals surface area contributed by atoms with Crippen LogP contribution in [0.15, 0.2) is 22.8 Å². The van der Waals surface area contributed by atoms with Gasteiger partial charge < -0.3 is 9.15 Å². The van der Waals surface area contributed by atoms with E-state index in [1.807, 2.05) is 4.90 Å². The first-order valence-corrected chi connectivity index (χ1v) is 6.86. The van der Waals surface area contributed by atoms with Gasteiger partial charge in [-0.05, 0) is 19.1 Å². The summed E-state index contributed by atoms with van der Waals surface area (Å²) in [6.45, 7) is 5.98. The van der Waals surface area contributed by atoms with Crippen LogP contribution >= 0.6 is 0 Å². The predicted molar refractivity (Wildman–Crippen MR) is 72.6 cm³/mol. The van der Waals surface area contributed by atoms with E-state index in [2.05, 4.69) is 4.90 Å². The zero-order valence-electron chi connectivity index (χ0n) is 11.7. The molecule has 1 aromatic rings. The molecule has 0 amide bonds. The molecule has 6 heteroatoms. The molecular weight excluding hydrogens is 260 g/mol. The third kappa shape index (κ3) is 4.18. The van der Waals surface area contributed by atoms with Crippen LogP contribution in [0, 0.1) is 0 Å². The predicted octanol–water partition coefficient (Wildman–Crippen LogP) is 0.643. The van der Waals surface area contributed by atoms with Crippen molar-refractivity contribution in [3.05, 3.63) is 24.2 Å². The van der Waals surface area contributed by atoms with Crippen molar-refractivity contribution in [2.45, 2.75) is 6.92 Å². The Labute approximate surface area is 118 Å². The van der Waals surface area contributed by atoms with Gasteiger partial charge in [0, 0.05) is 26.2 Å². The number of piperazine rings is 1. The molecule has 0 aliphatic carbocycles. The number of furan rings is 1. The Balaban J connectivity index is 1.71. The first-order valence-electron chi connectivity index (χ1n) is 6.86. The van der Waals surface area contributed by atoms with E-state index in [0.29, 0.717) is 25.5 Å². The number of ether oxygens (including phenoxy) is 1. The lowest BCUT2D eigenvalue weighted by molar-refractivity contribution is -0.144. The maximum Gasteiger partial charge on any atom is 0.320 e. The Bertz CT molecular complexity index is 436. The van der Waals surface area contributed by atoms with E-state index in [0.717, 1.165) is 26.2 Å². The fourth-order valence-electron chi connectivity index (χ4n) is 2.21.